The smallest absolute Gasteiger partial charge is 0.309 e. The molecule has 276 valence electrons. The number of aryl methyl sites for hydroxylation is 1. The average Bonchev–Trinajstić information content (AvgIpc) is 3.34. The molecule has 0 spiro atoms. The molecule has 0 saturated heterocycles. The van der Waals surface area contributed by atoms with Gasteiger partial charge in [-0.15, -0.1) is 11.3 Å². The van der Waals surface area contributed by atoms with Crippen LogP contribution in [0.2, 0.25) is 36.3 Å². The van der Waals surface area contributed by atoms with Crippen LogP contribution in [0, 0.1) is 24.2 Å². The summed E-state index contributed by atoms with van der Waals surface area (Å²) in [5.41, 5.74) is 2.17. The molecule has 0 aliphatic carbocycles. The molecule has 1 aliphatic heterocycles. The number of ether oxygens (including phenoxy) is 1. The van der Waals surface area contributed by atoms with Crippen LogP contribution in [0.1, 0.15) is 125 Å². The van der Waals surface area contributed by atoms with Gasteiger partial charge in [0.2, 0.25) is 0 Å². The van der Waals surface area contributed by atoms with E-state index >= 15 is 0 Å². The number of Topliss-reactive ketones (excluding diaryl/α,β-unsaturated/α-hetero) is 1. The number of ketones is 1. The number of aromatic nitrogens is 1. The summed E-state index contributed by atoms with van der Waals surface area (Å²) in [6.07, 6.45) is 4.38. The summed E-state index contributed by atoms with van der Waals surface area (Å²) in [5.74, 6) is -0.442. The maximum absolute atomic E-state index is 14.9. The van der Waals surface area contributed by atoms with Crippen LogP contribution in [0.3, 0.4) is 0 Å². The Labute approximate surface area is 304 Å². The van der Waals surface area contributed by atoms with Gasteiger partial charge in [-0.05, 0) is 93.0 Å². The SMILES string of the molecule is CC1=CCC(c2ccc3sc(C)nc3c2)OC(=O)CC(O[Si](C)(C)C(C)(C)C)C(C)(C)C(=O)C(C)C(O[Si](C)(C)C(C)(C)C)C(C)CCC1. The van der Waals surface area contributed by atoms with Crippen molar-refractivity contribution in [3.05, 3.63) is 40.4 Å². The van der Waals surface area contributed by atoms with Crippen molar-refractivity contribution < 1.29 is 23.2 Å². The molecule has 0 radical (unpaired) electrons. The zero-order chi connectivity index (χ0) is 37.3. The first-order chi connectivity index (χ1) is 22.3. The maximum Gasteiger partial charge on any atom is 0.309 e. The molecule has 1 aromatic carbocycles. The molecule has 5 atom stereocenters. The van der Waals surface area contributed by atoms with Crippen LogP contribution in [0.5, 0.6) is 0 Å². The van der Waals surface area contributed by atoms with Gasteiger partial charge >= 0.3 is 5.97 Å². The van der Waals surface area contributed by atoms with E-state index in [1.807, 2.05) is 27.7 Å². The van der Waals surface area contributed by atoms with Crippen LogP contribution in [-0.2, 0) is 23.2 Å². The fourth-order valence-corrected chi connectivity index (χ4v) is 9.97. The van der Waals surface area contributed by atoms with E-state index in [1.54, 1.807) is 11.3 Å². The summed E-state index contributed by atoms with van der Waals surface area (Å²) >= 11 is 1.66. The van der Waals surface area contributed by atoms with Crippen LogP contribution >= 0.6 is 11.3 Å². The summed E-state index contributed by atoms with van der Waals surface area (Å²) in [7, 11) is -4.60. The molecule has 0 fully saturated rings. The van der Waals surface area contributed by atoms with Crippen LogP contribution in [0.15, 0.2) is 29.8 Å². The van der Waals surface area contributed by atoms with Crippen molar-refractivity contribution >= 4 is 49.9 Å². The molecule has 9 heteroatoms. The Hall–Kier alpha value is -1.66. The predicted octanol–water partition coefficient (Wildman–Crippen LogP) is 11.7. The number of fused-ring (bicyclic) bond motifs is 1. The number of esters is 1. The monoisotopic (exact) mass is 729 g/mol. The molecule has 0 N–H and O–H groups in total. The van der Waals surface area contributed by atoms with Gasteiger partial charge < -0.3 is 13.6 Å². The number of carbonyl (C=O) groups excluding carboxylic acids is 2. The van der Waals surface area contributed by atoms with Crippen LogP contribution in [-0.4, -0.2) is 45.6 Å². The lowest BCUT2D eigenvalue weighted by Crippen LogP contribution is -2.54. The Kier molecular flexibility index (Phi) is 13.2. The largest absolute Gasteiger partial charge is 0.457 e. The number of hydrogen-bond donors (Lipinski definition) is 0. The van der Waals surface area contributed by atoms with E-state index in [0.717, 1.165) is 40.1 Å². The molecule has 3 rings (SSSR count). The van der Waals surface area contributed by atoms with Crippen LogP contribution in [0.4, 0.5) is 0 Å². The zero-order valence-corrected chi connectivity index (χ0v) is 36.4. The van der Waals surface area contributed by atoms with Crippen molar-refractivity contribution in [1.82, 2.24) is 4.98 Å². The van der Waals surface area contributed by atoms with Crippen LogP contribution < -0.4 is 0 Å². The molecule has 2 heterocycles. The van der Waals surface area contributed by atoms with Crippen LogP contribution in [0.25, 0.3) is 10.2 Å². The van der Waals surface area contributed by atoms with E-state index in [0.29, 0.717) is 6.42 Å². The topological polar surface area (TPSA) is 74.7 Å². The lowest BCUT2D eigenvalue weighted by atomic mass is 9.73. The quantitative estimate of drug-likeness (QED) is 0.173. The fraction of sp³-hybridized carbons (Fsp3) is 0.725. The number of carbonyl (C=O) groups is 2. The highest BCUT2D eigenvalue weighted by Gasteiger charge is 2.50. The van der Waals surface area contributed by atoms with Crippen molar-refractivity contribution in [3.63, 3.8) is 0 Å². The van der Waals surface area contributed by atoms with Gasteiger partial charge in [-0.3, -0.25) is 9.59 Å². The molecule has 1 aliphatic rings. The lowest BCUT2D eigenvalue weighted by molar-refractivity contribution is -0.155. The third-order valence-electron chi connectivity index (χ3n) is 11.8. The van der Waals surface area contributed by atoms with Gasteiger partial charge in [0.05, 0.1) is 33.9 Å². The summed E-state index contributed by atoms with van der Waals surface area (Å²) in [5, 5.41) is 0.915. The number of thiazole rings is 1. The molecule has 1 aromatic heterocycles. The highest BCUT2D eigenvalue weighted by Crippen LogP contribution is 2.44. The number of rotatable bonds is 5. The lowest BCUT2D eigenvalue weighted by Gasteiger charge is -2.46. The van der Waals surface area contributed by atoms with Crippen molar-refractivity contribution in [2.75, 3.05) is 0 Å². The molecule has 0 amide bonds. The van der Waals surface area contributed by atoms with Crippen molar-refractivity contribution in [2.45, 2.75) is 170 Å². The second-order valence-electron chi connectivity index (χ2n) is 18.4. The average molecular weight is 730 g/mol. The highest BCUT2D eigenvalue weighted by molar-refractivity contribution is 7.18. The number of hydrogen-bond acceptors (Lipinski definition) is 7. The van der Waals surface area contributed by atoms with E-state index in [1.165, 1.54) is 5.57 Å². The van der Waals surface area contributed by atoms with Gasteiger partial charge in [0, 0.05) is 17.8 Å². The van der Waals surface area contributed by atoms with Gasteiger partial charge in [0.15, 0.2) is 16.6 Å². The predicted molar refractivity (Wildman–Crippen MR) is 211 cm³/mol. The van der Waals surface area contributed by atoms with Crippen molar-refractivity contribution in [3.8, 4) is 0 Å². The fourth-order valence-electron chi connectivity index (χ4n) is 6.25. The Morgan fingerprint density at radius 1 is 0.939 bits per heavy atom. The third kappa shape index (κ3) is 10.2. The molecule has 49 heavy (non-hydrogen) atoms. The normalized spacial score (nSPS) is 26.0. The van der Waals surface area contributed by atoms with E-state index in [2.05, 4.69) is 106 Å². The van der Waals surface area contributed by atoms with Gasteiger partial charge in [-0.2, -0.15) is 0 Å². The molecule has 2 aromatic rings. The second-order valence-corrected chi connectivity index (χ2v) is 29.1. The highest BCUT2D eigenvalue weighted by atomic mass is 32.1. The number of allylic oxidation sites excluding steroid dienone is 1. The Balaban J connectivity index is 2.12. The van der Waals surface area contributed by atoms with E-state index < -0.39 is 34.3 Å². The van der Waals surface area contributed by atoms with Crippen molar-refractivity contribution in [2.24, 2.45) is 17.3 Å². The van der Waals surface area contributed by atoms with Crippen molar-refractivity contribution in [1.29, 1.82) is 0 Å². The first-order valence-corrected chi connectivity index (χ1v) is 25.0. The standard InChI is InChI=1S/C40H67NO5SSi2/c1-26-18-17-19-27(2)36(46-49(15,16)39(8,9)10)28(3)37(43)40(11,12)34(45-48(13,14)38(5,6)7)25-35(42)44-32(22-20-26)30-21-23-33-31(24-30)41-29(4)47-33/h20-21,23-24,27-28,32,34,36H,17-19,22,25H2,1-16H3. The summed E-state index contributed by atoms with van der Waals surface area (Å²) < 4.78 is 21.7. The summed E-state index contributed by atoms with van der Waals surface area (Å²) in [6, 6.07) is 6.19. The summed E-state index contributed by atoms with van der Waals surface area (Å²) in [6.45, 7) is 34.7. The van der Waals surface area contributed by atoms with E-state index in [9.17, 15) is 9.59 Å². The first-order valence-electron chi connectivity index (χ1n) is 18.4. The maximum atomic E-state index is 14.9. The Morgan fingerprint density at radius 2 is 1.53 bits per heavy atom. The molecular formula is C40H67NO5SSi2. The van der Waals surface area contributed by atoms with E-state index in [4.69, 9.17) is 18.6 Å². The Bertz CT molecular complexity index is 1500. The number of cyclic esters (lactones) is 1. The molecule has 0 saturated carbocycles. The summed E-state index contributed by atoms with van der Waals surface area (Å²) in [4.78, 5) is 33.7. The number of benzene rings is 1. The minimum Gasteiger partial charge on any atom is -0.457 e. The first kappa shape index (κ1) is 41.8. The van der Waals surface area contributed by atoms with Gasteiger partial charge in [0.1, 0.15) is 11.9 Å². The zero-order valence-electron chi connectivity index (χ0n) is 33.6. The minimum atomic E-state index is -2.40. The van der Waals surface area contributed by atoms with Gasteiger partial charge in [0.25, 0.3) is 0 Å². The Morgan fingerprint density at radius 3 is 2.12 bits per heavy atom. The van der Waals surface area contributed by atoms with Gasteiger partial charge in [-0.1, -0.05) is 87.0 Å². The number of nitrogens with zero attached hydrogens (tertiary/aromatic N) is 1. The molecule has 5 unspecified atom stereocenters. The van der Waals surface area contributed by atoms with Gasteiger partial charge in [-0.25, -0.2) is 4.98 Å². The van der Waals surface area contributed by atoms with E-state index in [-0.39, 0.29) is 46.2 Å². The molecule has 0 bridgehead atoms. The molecule has 6 nitrogen and oxygen atoms in total. The second kappa shape index (κ2) is 15.5. The molecular weight excluding hydrogens is 663 g/mol. The minimum absolute atomic E-state index is 0.00146. The third-order valence-corrected chi connectivity index (χ3v) is 21.7.